The first-order valence-electron chi connectivity index (χ1n) is 3.62. The summed E-state index contributed by atoms with van der Waals surface area (Å²) >= 11 is 3.03. The summed E-state index contributed by atoms with van der Waals surface area (Å²) in [5.74, 6) is -1.55. The topological polar surface area (TPSA) is 43.4 Å². The fraction of sp³-hybridized carbons (Fsp3) is 0.111. The molecule has 0 saturated heterocycles. The van der Waals surface area contributed by atoms with Crippen LogP contribution in [0, 0.1) is 5.82 Å². The van der Waals surface area contributed by atoms with Gasteiger partial charge in [0.15, 0.2) is 6.29 Å². The van der Waals surface area contributed by atoms with Gasteiger partial charge in [0, 0.05) is 10.0 Å². The third-order valence-corrected chi connectivity index (χ3v) is 2.31. The lowest BCUT2D eigenvalue weighted by Crippen LogP contribution is -2.05. The number of aldehydes is 1. The molecule has 1 aromatic carbocycles. The molecular formula is C9H6BrFO3. The van der Waals surface area contributed by atoms with E-state index in [0.29, 0.717) is 10.8 Å². The molecule has 0 aromatic heterocycles. The van der Waals surface area contributed by atoms with Crippen molar-refractivity contribution < 1.29 is 18.7 Å². The van der Waals surface area contributed by atoms with E-state index in [0.717, 1.165) is 13.2 Å². The number of carbonyl (C=O) groups excluding carboxylic acids is 2. The first kappa shape index (κ1) is 10.8. The highest BCUT2D eigenvalue weighted by atomic mass is 79.9. The molecule has 0 heterocycles. The molecule has 14 heavy (non-hydrogen) atoms. The Morgan fingerprint density at radius 1 is 1.57 bits per heavy atom. The van der Waals surface area contributed by atoms with Gasteiger partial charge in [0.2, 0.25) is 0 Å². The fourth-order valence-electron chi connectivity index (χ4n) is 0.919. The maximum atomic E-state index is 13.2. The monoisotopic (exact) mass is 260 g/mol. The molecule has 0 fully saturated rings. The van der Waals surface area contributed by atoms with Crippen LogP contribution in [0.25, 0.3) is 0 Å². The average Bonchev–Trinajstić information content (AvgIpc) is 2.19. The zero-order valence-corrected chi connectivity index (χ0v) is 8.80. The van der Waals surface area contributed by atoms with E-state index in [9.17, 15) is 14.0 Å². The van der Waals surface area contributed by atoms with Crippen LogP contribution in [-0.2, 0) is 4.74 Å². The van der Waals surface area contributed by atoms with Gasteiger partial charge in [-0.3, -0.25) is 4.79 Å². The minimum atomic E-state index is -0.777. The Morgan fingerprint density at radius 3 is 2.71 bits per heavy atom. The second-order valence-corrected chi connectivity index (χ2v) is 3.32. The number of benzene rings is 1. The Kier molecular flexibility index (Phi) is 3.35. The van der Waals surface area contributed by atoms with Gasteiger partial charge in [0.05, 0.1) is 12.7 Å². The van der Waals surface area contributed by atoms with Gasteiger partial charge in [-0.1, -0.05) is 15.9 Å². The molecule has 0 aliphatic rings. The third-order valence-electron chi connectivity index (χ3n) is 1.62. The Balaban J connectivity index is 3.28. The summed E-state index contributed by atoms with van der Waals surface area (Å²) in [5.41, 5.74) is -0.0554. The maximum Gasteiger partial charge on any atom is 0.340 e. The van der Waals surface area contributed by atoms with E-state index >= 15 is 0 Å². The summed E-state index contributed by atoms with van der Waals surface area (Å²) in [7, 11) is 1.16. The SMILES string of the molecule is COC(=O)c1cc(Br)c(C=O)cc1F. The molecule has 0 atom stereocenters. The van der Waals surface area contributed by atoms with E-state index in [1.54, 1.807) is 0 Å². The lowest BCUT2D eigenvalue weighted by atomic mass is 10.1. The van der Waals surface area contributed by atoms with Crippen LogP contribution < -0.4 is 0 Å². The maximum absolute atomic E-state index is 13.2. The smallest absolute Gasteiger partial charge is 0.340 e. The third kappa shape index (κ3) is 1.98. The normalized spacial score (nSPS) is 9.64. The van der Waals surface area contributed by atoms with Crippen LogP contribution in [0.3, 0.4) is 0 Å². The Bertz CT molecular complexity index is 390. The Morgan fingerprint density at radius 2 is 2.21 bits per heavy atom. The summed E-state index contributed by atoms with van der Waals surface area (Å²) in [6.45, 7) is 0. The molecule has 5 heteroatoms. The van der Waals surface area contributed by atoms with Crippen molar-refractivity contribution in [2.24, 2.45) is 0 Å². The van der Waals surface area contributed by atoms with Crippen molar-refractivity contribution in [3.63, 3.8) is 0 Å². The van der Waals surface area contributed by atoms with Crippen LogP contribution in [0.1, 0.15) is 20.7 Å². The second kappa shape index (κ2) is 4.32. The van der Waals surface area contributed by atoms with Crippen molar-refractivity contribution in [2.45, 2.75) is 0 Å². The molecule has 0 aliphatic heterocycles. The quantitative estimate of drug-likeness (QED) is 0.605. The van der Waals surface area contributed by atoms with E-state index in [4.69, 9.17) is 0 Å². The molecule has 0 spiro atoms. The first-order chi connectivity index (χ1) is 6.60. The van der Waals surface area contributed by atoms with Crippen LogP contribution in [-0.4, -0.2) is 19.4 Å². The van der Waals surface area contributed by atoms with Gasteiger partial charge in [-0.15, -0.1) is 0 Å². The van der Waals surface area contributed by atoms with Gasteiger partial charge < -0.3 is 4.74 Å². The first-order valence-corrected chi connectivity index (χ1v) is 4.42. The number of hydrogen-bond acceptors (Lipinski definition) is 3. The van der Waals surface area contributed by atoms with Crippen LogP contribution in [0.5, 0.6) is 0 Å². The zero-order valence-electron chi connectivity index (χ0n) is 7.21. The molecule has 0 aliphatic carbocycles. The van der Waals surface area contributed by atoms with Crippen LogP contribution >= 0.6 is 15.9 Å². The zero-order chi connectivity index (χ0) is 10.7. The predicted molar refractivity (Wildman–Crippen MR) is 50.8 cm³/mol. The summed E-state index contributed by atoms with van der Waals surface area (Å²) in [4.78, 5) is 21.4. The Hall–Kier alpha value is -1.23. The highest BCUT2D eigenvalue weighted by Crippen LogP contribution is 2.20. The molecule has 0 radical (unpaired) electrons. The number of hydrogen-bond donors (Lipinski definition) is 0. The molecular weight excluding hydrogens is 255 g/mol. The summed E-state index contributed by atoms with van der Waals surface area (Å²) in [6.07, 6.45) is 0.494. The van der Waals surface area contributed by atoms with Crippen LogP contribution in [0.2, 0.25) is 0 Å². The van der Waals surface area contributed by atoms with Gasteiger partial charge >= 0.3 is 5.97 Å². The van der Waals surface area contributed by atoms with Gasteiger partial charge in [-0.05, 0) is 12.1 Å². The standard InChI is InChI=1S/C9H6BrFO3/c1-14-9(13)6-3-7(10)5(4-12)2-8(6)11/h2-4H,1H3. The number of esters is 1. The minimum Gasteiger partial charge on any atom is -0.465 e. The molecule has 0 N–H and O–H groups in total. The van der Waals surface area contributed by atoms with Crippen molar-refractivity contribution in [1.82, 2.24) is 0 Å². The molecule has 0 unspecified atom stereocenters. The summed E-state index contributed by atoms with van der Waals surface area (Å²) in [5, 5.41) is 0. The molecule has 3 nitrogen and oxygen atoms in total. The predicted octanol–water partition coefficient (Wildman–Crippen LogP) is 2.19. The van der Waals surface area contributed by atoms with Crippen molar-refractivity contribution >= 4 is 28.2 Å². The lowest BCUT2D eigenvalue weighted by molar-refractivity contribution is 0.0595. The molecule has 0 amide bonds. The molecule has 0 bridgehead atoms. The van der Waals surface area contributed by atoms with Gasteiger partial charge in [-0.2, -0.15) is 0 Å². The molecule has 0 saturated carbocycles. The molecule has 74 valence electrons. The number of carbonyl (C=O) groups is 2. The highest BCUT2D eigenvalue weighted by Gasteiger charge is 2.14. The number of methoxy groups -OCH3 is 1. The average molecular weight is 261 g/mol. The van der Waals surface area contributed by atoms with E-state index < -0.39 is 11.8 Å². The van der Waals surface area contributed by atoms with E-state index in [-0.39, 0.29) is 11.1 Å². The van der Waals surface area contributed by atoms with Crippen LogP contribution in [0.15, 0.2) is 16.6 Å². The van der Waals surface area contributed by atoms with E-state index in [1.165, 1.54) is 6.07 Å². The van der Waals surface area contributed by atoms with Crippen molar-refractivity contribution in [3.8, 4) is 0 Å². The van der Waals surface area contributed by atoms with Gasteiger partial charge in [0.25, 0.3) is 0 Å². The van der Waals surface area contributed by atoms with Crippen molar-refractivity contribution in [1.29, 1.82) is 0 Å². The van der Waals surface area contributed by atoms with Gasteiger partial charge in [0.1, 0.15) is 5.82 Å². The number of halogens is 2. The number of ether oxygens (including phenoxy) is 1. The molecule has 1 aromatic rings. The van der Waals surface area contributed by atoms with E-state index in [2.05, 4.69) is 20.7 Å². The number of rotatable bonds is 2. The van der Waals surface area contributed by atoms with Crippen molar-refractivity contribution in [2.75, 3.05) is 7.11 Å². The summed E-state index contributed by atoms with van der Waals surface area (Å²) in [6, 6.07) is 2.19. The van der Waals surface area contributed by atoms with Gasteiger partial charge in [-0.25, -0.2) is 9.18 Å². The minimum absolute atomic E-state index is 0.148. The second-order valence-electron chi connectivity index (χ2n) is 2.46. The van der Waals surface area contributed by atoms with Crippen molar-refractivity contribution in [3.05, 3.63) is 33.5 Å². The van der Waals surface area contributed by atoms with Crippen LogP contribution in [0.4, 0.5) is 4.39 Å². The molecule has 1 rings (SSSR count). The lowest BCUT2D eigenvalue weighted by Gasteiger charge is -2.03. The summed E-state index contributed by atoms with van der Waals surface area (Å²) < 4.78 is 17.9. The Labute approximate surface area is 88.0 Å². The van der Waals surface area contributed by atoms with E-state index in [1.807, 2.05) is 0 Å². The highest BCUT2D eigenvalue weighted by molar-refractivity contribution is 9.10. The largest absolute Gasteiger partial charge is 0.465 e. The fourth-order valence-corrected chi connectivity index (χ4v) is 1.36.